The number of nitro benzene ring substituents is 1. The Labute approximate surface area is 116 Å². The molecule has 0 aliphatic heterocycles. The second-order valence-electron chi connectivity index (χ2n) is 4.44. The summed E-state index contributed by atoms with van der Waals surface area (Å²) in [6.45, 7) is 6.15. The molecule has 6 heteroatoms. The summed E-state index contributed by atoms with van der Waals surface area (Å²) in [6.07, 6.45) is 0.870. The Balaban J connectivity index is 3.14. The fourth-order valence-corrected chi connectivity index (χ4v) is 2.06. The first-order valence-electron chi connectivity index (χ1n) is 5.76. The normalized spacial score (nSPS) is 12.6. The van der Waals surface area contributed by atoms with Crippen LogP contribution in [0.1, 0.15) is 27.2 Å². The van der Waals surface area contributed by atoms with Crippen LogP contribution in [-0.4, -0.2) is 11.0 Å². The largest absolute Gasteiger partial charge is 0.376 e. The van der Waals surface area contributed by atoms with Crippen LogP contribution in [0.2, 0.25) is 10.0 Å². The molecule has 1 aromatic carbocycles. The summed E-state index contributed by atoms with van der Waals surface area (Å²) in [5.41, 5.74) is 0.360. The summed E-state index contributed by atoms with van der Waals surface area (Å²) in [7, 11) is 0. The maximum atomic E-state index is 11.0. The lowest BCUT2D eigenvalue weighted by Gasteiger charge is -2.22. The number of nitrogens with zero attached hydrogens (tertiary/aromatic N) is 1. The molecule has 18 heavy (non-hydrogen) atoms. The Morgan fingerprint density at radius 2 is 1.89 bits per heavy atom. The number of nitrogens with one attached hydrogen (secondary N) is 1. The predicted molar refractivity (Wildman–Crippen MR) is 75.7 cm³/mol. The van der Waals surface area contributed by atoms with Crippen LogP contribution in [-0.2, 0) is 0 Å². The van der Waals surface area contributed by atoms with E-state index >= 15 is 0 Å². The van der Waals surface area contributed by atoms with Crippen LogP contribution in [0.15, 0.2) is 12.1 Å². The highest BCUT2D eigenvalue weighted by Crippen LogP contribution is 2.34. The first kappa shape index (κ1) is 15.1. The molecule has 1 N–H and O–H groups in total. The van der Waals surface area contributed by atoms with Crippen molar-refractivity contribution in [2.75, 3.05) is 5.32 Å². The maximum Gasteiger partial charge on any atom is 0.293 e. The molecule has 0 spiro atoms. The third-order valence-electron chi connectivity index (χ3n) is 2.82. The van der Waals surface area contributed by atoms with E-state index in [0.717, 1.165) is 6.42 Å². The molecule has 0 aliphatic carbocycles. The molecule has 0 aliphatic rings. The van der Waals surface area contributed by atoms with Gasteiger partial charge in [-0.25, -0.2) is 0 Å². The zero-order chi connectivity index (χ0) is 13.9. The van der Waals surface area contributed by atoms with Crippen molar-refractivity contribution in [1.82, 2.24) is 0 Å². The van der Waals surface area contributed by atoms with E-state index in [-0.39, 0.29) is 16.8 Å². The summed E-state index contributed by atoms with van der Waals surface area (Å²) in [5, 5.41) is 14.6. The molecule has 0 fully saturated rings. The van der Waals surface area contributed by atoms with Gasteiger partial charge in [-0.15, -0.1) is 0 Å². The van der Waals surface area contributed by atoms with Gasteiger partial charge in [0.1, 0.15) is 5.69 Å². The standard InChI is InChI=1S/C12H16Cl2N2O2/c1-4-10(7(2)3)15-11-5-8(13)9(14)6-12(11)16(17)18/h5-7,10,15H,4H2,1-3H3. The molecular formula is C12H16Cl2N2O2. The van der Waals surface area contributed by atoms with Gasteiger partial charge < -0.3 is 5.32 Å². The Morgan fingerprint density at radius 3 is 2.33 bits per heavy atom. The molecule has 0 bridgehead atoms. The van der Waals surface area contributed by atoms with Gasteiger partial charge in [-0.2, -0.15) is 0 Å². The van der Waals surface area contributed by atoms with Gasteiger partial charge in [-0.05, 0) is 18.4 Å². The first-order valence-corrected chi connectivity index (χ1v) is 6.52. The molecule has 1 aromatic rings. The van der Waals surface area contributed by atoms with Gasteiger partial charge >= 0.3 is 0 Å². The molecule has 0 radical (unpaired) electrons. The van der Waals surface area contributed by atoms with E-state index in [0.29, 0.717) is 16.6 Å². The van der Waals surface area contributed by atoms with E-state index < -0.39 is 4.92 Å². The average Bonchev–Trinajstić information content (AvgIpc) is 2.29. The van der Waals surface area contributed by atoms with Crippen molar-refractivity contribution in [3.8, 4) is 0 Å². The Hall–Kier alpha value is -1.00. The molecule has 0 heterocycles. The van der Waals surface area contributed by atoms with Crippen LogP contribution in [0.3, 0.4) is 0 Å². The summed E-state index contributed by atoms with van der Waals surface area (Å²) in [4.78, 5) is 10.5. The highest BCUT2D eigenvalue weighted by Gasteiger charge is 2.20. The molecule has 1 atom stereocenters. The summed E-state index contributed by atoms with van der Waals surface area (Å²) in [5.74, 6) is 0.365. The minimum Gasteiger partial charge on any atom is -0.376 e. The second-order valence-corrected chi connectivity index (χ2v) is 5.26. The fraction of sp³-hybridized carbons (Fsp3) is 0.500. The lowest BCUT2D eigenvalue weighted by atomic mass is 10.0. The lowest BCUT2D eigenvalue weighted by Crippen LogP contribution is -2.25. The van der Waals surface area contributed by atoms with Crippen LogP contribution in [0.25, 0.3) is 0 Å². The van der Waals surface area contributed by atoms with E-state index in [2.05, 4.69) is 19.2 Å². The lowest BCUT2D eigenvalue weighted by molar-refractivity contribution is -0.384. The maximum absolute atomic E-state index is 11.0. The van der Waals surface area contributed by atoms with Gasteiger partial charge in [0.05, 0.1) is 15.0 Å². The Morgan fingerprint density at radius 1 is 1.33 bits per heavy atom. The van der Waals surface area contributed by atoms with E-state index in [1.165, 1.54) is 12.1 Å². The zero-order valence-electron chi connectivity index (χ0n) is 10.5. The van der Waals surface area contributed by atoms with Crippen LogP contribution in [0, 0.1) is 16.0 Å². The van der Waals surface area contributed by atoms with Gasteiger partial charge in [0.15, 0.2) is 0 Å². The van der Waals surface area contributed by atoms with E-state index in [1.807, 2.05) is 6.92 Å². The number of anilines is 1. The molecule has 0 saturated carbocycles. The summed E-state index contributed by atoms with van der Waals surface area (Å²) in [6, 6.07) is 2.94. The smallest absolute Gasteiger partial charge is 0.293 e. The van der Waals surface area contributed by atoms with E-state index in [9.17, 15) is 10.1 Å². The minimum absolute atomic E-state index is 0.0523. The van der Waals surface area contributed by atoms with Crippen LogP contribution in [0.5, 0.6) is 0 Å². The van der Waals surface area contributed by atoms with Crippen molar-refractivity contribution < 1.29 is 4.92 Å². The van der Waals surface area contributed by atoms with Gasteiger partial charge in [-0.3, -0.25) is 10.1 Å². The number of benzene rings is 1. The first-order chi connectivity index (χ1) is 8.36. The SMILES string of the molecule is CCC(Nc1cc(Cl)c(Cl)cc1[N+](=O)[O-])C(C)C. The molecule has 0 aromatic heterocycles. The number of nitro groups is 1. The van der Waals surface area contributed by atoms with Crippen LogP contribution >= 0.6 is 23.2 Å². The summed E-state index contributed by atoms with van der Waals surface area (Å²) >= 11 is 11.7. The zero-order valence-corrected chi connectivity index (χ0v) is 12.0. The summed E-state index contributed by atoms with van der Waals surface area (Å²) < 4.78 is 0. The molecule has 4 nitrogen and oxygen atoms in total. The van der Waals surface area contributed by atoms with Crippen molar-refractivity contribution in [2.24, 2.45) is 5.92 Å². The fourth-order valence-electron chi connectivity index (χ4n) is 1.74. The number of halogens is 2. The molecule has 1 unspecified atom stereocenters. The number of rotatable bonds is 5. The van der Waals surface area contributed by atoms with Gasteiger partial charge in [0.25, 0.3) is 5.69 Å². The Bertz CT molecular complexity index is 450. The average molecular weight is 291 g/mol. The van der Waals surface area contributed by atoms with E-state index in [1.54, 1.807) is 0 Å². The van der Waals surface area contributed by atoms with Crippen LogP contribution < -0.4 is 5.32 Å². The van der Waals surface area contributed by atoms with Gasteiger partial charge in [0, 0.05) is 12.1 Å². The molecule has 0 saturated heterocycles. The van der Waals surface area contributed by atoms with Crippen molar-refractivity contribution >= 4 is 34.6 Å². The van der Waals surface area contributed by atoms with Crippen molar-refractivity contribution in [1.29, 1.82) is 0 Å². The number of hydrogen-bond acceptors (Lipinski definition) is 3. The molecule has 100 valence electrons. The second kappa shape index (κ2) is 6.25. The quantitative estimate of drug-likeness (QED) is 0.629. The molecular weight excluding hydrogens is 275 g/mol. The third-order valence-corrected chi connectivity index (χ3v) is 3.54. The van der Waals surface area contributed by atoms with Crippen LogP contribution in [0.4, 0.5) is 11.4 Å². The van der Waals surface area contributed by atoms with Crippen molar-refractivity contribution in [2.45, 2.75) is 33.2 Å². The minimum atomic E-state index is -0.461. The monoisotopic (exact) mass is 290 g/mol. The van der Waals surface area contributed by atoms with Gasteiger partial charge in [-0.1, -0.05) is 44.0 Å². The van der Waals surface area contributed by atoms with E-state index in [4.69, 9.17) is 23.2 Å². The molecule has 1 rings (SSSR count). The highest BCUT2D eigenvalue weighted by molar-refractivity contribution is 6.42. The third kappa shape index (κ3) is 3.50. The highest BCUT2D eigenvalue weighted by atomic mass is 35.5. The van der Waals surface area contributed by atoms with Crippen molar-refractivity contribution in [3.63, 3.8) is 0 Å². The topological polar surface area (TPSA) is 55.2 Å². The number of hydrogen-bond donors (Lipinski definition) is 1. The van der Waals surface area contributed by atoms with Gasteiger partial charge in [0.2, 0.25) is 0 Å². The van der Waals surface area contributed by atoms with Crippen molar-refractivity contribution in [3.05, 3.63) is 32.3 Å². The predicted octanol–water partition coefficient (Wildman–Crippen LogP) is 4.75. The Kier molecular flexibility index (Phi) is 5.23. The molecule has 0 amide bonds.